The zero-order valence-corrected chi connectivity index (χ0v) is 20.5. The van der Waals surface area contributed by atoms with Gasteiger partial charge in [0.25, 0.3) is 0 Å². The highest BCUT2D eigenvalue weighted by atomic mass is 31.1. The summed E-state index contributed by atoms with van der Waals surface area (Å²) in [6, 6.07) is 19.0. The van der Waals surface area contributed by atoms with Gasteiger partial charge in [-0.15, -0.1) is 0 Å². The molecule has 0 amide bonds. The largest absolute Gasteiger partial charge is 0.476 e. The van der Waals surface area contributed by atoms with Crippen molar-refractivity contribution in [1.29, 1.82) is 0 Å². The molecule has 0 bridgehead atoms. The lowest BCUT2D eigenvalue weighted by atomic mass is 9.75. The number of hydrogen-bond donors (Lipinski definition) is 2. The topological polar surface area (TPSA) is 96.7 Å². The summed E-state index contributed by atoms with van der Waals surface area (Å²) in [5.74, 6) is 2.32. The first-order chi connectivity index (χ1) is 16.7. The van der Waals surface area contributed by atoms with Gasteiger partial charge in [0.2, 0.25) is 5.60 Å². The van der Waals surface area contributed by atoms with Gasteiger partial charge in [-0.25, -0.2) is 14.2 Å². The molecule has 0 saturated heterocycles. The van der Waals surface area contributed by atoms with E-state index in [0.29, 0.717) is 11.3 Å². The third-order valence-electron chi connectivity index (χ3n) is 5.63. The first-order valence-corrected chi connectivity index (χ1v) is 11.8. The number of pyridine rings is 1. The molecule has 0 aliphatic heterocycles. The molecule has 2 aromatic carbocycles. The number of ether oxygens (including phenoxy) is 1. The average Bonchev–Trinajstić information content (AvgIpc) is 2.86. The van der Waals surface area contributed by atoms with Crippen molar-refractivity contribution < 1.29 is 28.7 Å². The second-order valence-corrected chi connectivity index (χ2v) is 9.17. The van der Waals surface area contributed by atoms with E-state index in [1.54, 1.807) is 12.1 Å². The fourth-order valence-electron chi connectivity index (χ4n) is 3.85. The summed E-state index contributed by atoms with van der Waals surface area (Å²) < 4.78 is 31.6. The van der Waals surface area contributed by atoms with Crippen molar-refractivity contribution in [2.75, 3.05) is 7.11 Å². The molecule has 4 atom stereocenters. The van der Waals surface area contributed by atoms with Gasteiger partial charge in [0, 0.05) is 18.6 Å². The number of nitrogens with zero attached hydrogens (tertiary/aromatic N) is 1. The summed E-state index contributed by atoms with van der Waals surface area (Å²) in [5, 5.41) is 20.0. The molecule has 0 aliphatic rings. The van der Waals surface area contributed by atoms with E-state index in [9.17, 15) is 24.0 Å². The Balaban J connectivity index is 2.40. The Morgan fingerprint density at radius 1 is 1.03 bits per heavy atom. The van der Waals surface area contributed by atoms with Gasteiger partial charge in [-0.1, -0.05) is 78.8 Å². The van der Waals surface area contributed by atoms with E-state index in [1.807, 2.05) is 44.2 Å². The lowest BCUT2D eigenvalue weighted by Crippen LogP contribution is -2.58. The minimum absolute atomic E-state index is 0.0983. The summed E-state index contributed by atoms with van der Waals surface area (Å²) in [4.78, 5) is 17.2. The summed E-state index contributed by atoms with van der Waals surface area (Å²) in [5.41, 5.74) is -1.13. The van der Waals surface area contributed by atoms with Gasteiger partial charge >= 0.3 is 19.8 Å². The van der Waals surface area contributed by atoms with E-state index in [4.69, 9.17) is 4.74 Å². The Kier molecular flexibility index (Phi) is 8.14. The summed E-state index contributed by atoms with van der Waals surface area (Å²) in [6.07, 6.45) is 0. The molecule has 0 fully saturated rings. The quantitative estimate of drug-likeness (QED) is 0.339. The van der Waals surface area contributed by atoms with E-state index in [-0.39, 0.29) is 11.6 Å². The maximum absolute atomic E-state index is 13.7. The molecule has 3 rings (SSSR count). The van der Waals surface area contributed by atoms with Crippen LogP contribution in [0.3, 0.4) is 0 Å². The molecule has 35 heavy (non-hydrogen) atoms. The predicted molar refractivity (Wildman–Crippen MR) is 132 cm³/mol. The minimum Gasteiger partial charge on any atom is -0.476 e. The number of rotatable bonds is 8. The standard InChI is InChI=1S/C27H25FNO5P/c1-18(2)12-17-22(19-13-15-21(28)16-14-19)26(32,27(34-3,35-33)25(30)31)24-11-7-10-23(29-24)20-8-5-4-6-9-20/h4-11,13-16,18,22,32H,1-3H3,(H,30,31)/p+1. The average molecular weight is 494 g/mol. The van der Waals surface area contributed by atoms with E-state index >= 15 is 0 Å². The first-order valence-electron chi connectivity index (χ1n) is 10.9. The highest BCUT2D eigenvalue weighted by molar-refractivity contribution is 7.27. The van der Waals surface area contributed by atoms with Crippen LogP contribution in [0.4, 0.5) is 4.39 Å². The summed E-state index contributed by atoms with van der Waals surface area (Å²) >= 11 is 0. The van der Waals surface area contributed by atoms with Gasteiger partial charge in [0.05, 0.1) is 17.3 Å². The van der Waals surface area contributed by atoms with Crippen molar-refractivity contribution >= 4 is 14.4 Å². The van der Waals surface area contributed by atoms with Crippen LogP contribution in [0.25, 0.3) is 11.3 Å². The van der Waals surface area contributed by atoms with E-state index in [0.717, 1.165) is 12.7 Å². The molecule has 180 valence electrons. The van der Waals surface area contributed by atoms with E-state index in [1.165, 1.54) is 30.3 Å². The SMILES string of the molecule is COC([PH+]=O)(C(=O)O)C(O)(c1cccc(-c2ccccc2)n1)C(C#CC(C)C)c1ccc(F)cc1. The second-order valence-electron chi connectivity index (χ2n) is 8.26. The van der Waals surface area contributed by atoms with Gasteiger partial charge in [-0.3, -0.25) is 0 Å². The van der Waals surface area contributed by atoms with Crippen molar-refractivity contribution in [3.63, 3.8) is 0 Å². The Morgan fingerprint density at radius 2 is 1.69 bits per heavy atom. The molecular weight excluding hydrogens is 468 g/mol. The summed E-state index contributed by atoms with van der Waals surface area (Å²) in [6.45, 7) is 3.66. The molecule has 4 unspecified atom stereocenters. The van der Waals surface area contributed by atoms with Gasteiger partial charge in [0.1, 0.15) is 5.82 Å². The van der Waals surface area contributed by atoms with Gasteiger partial charge in [0.15, 0.2) is 0 Å². The monoisotopic (exact) mass is 494 g/mol. The Morgan fingerprint density at radius 3 is 2.23 bits per heavy atom. The normalized spacial score (nSPS) is 15.5. The molecule has 1 heterocycles. The highest BCUT2D eigenvalue weighted by Crippen LogP contribution is 2.51. The number of carbonyl (C=O) groups is 1. The number of carboxylic acid groups (broad SMARTS) is 1. The minimum atomic E-state index is -2.62. The number of hydrogen-bond acceptors (Lipinski definition) is 5. The highest BCUT2D eigenvalue weighted by Gasteiger charge is 2.70. The number of aliphatic hydroxyl groups is 1. The molecule has 0 radical (unpaired) electrons. The van der Waals surface area contributed by atoms with Crippen LogP contribution in [0.2, 0.25) is 0 Å². The summed E-state index contributed by atoms with van der Waals surface area (Å²) in [7, 11) is -0.571. The molecule has 6 nitrogen and oxygen atoms in total. The Labute approximate surface area is 205 Å². The maximum atomic E-state index is 13.7. The van der Waals surface area contributed by atoms with Crippen LogP contribution in [0.1, 0.15) is 31.0 Å². The van der Waals surface area contributed by atoms with E-state index in [2.05, 4.69) is 16.8 Å². The Hall–Kier alpha value is -3.43. The number of aromatic nitrogens is 1. The number of aliphatic carboxylic acids is 1. The number of methoxy groups -OCH3 is 1. The van der Waals surface area contributed by atoms with Crippen LogP contribution in [-0.2, 0) is 19.7 Å². The Bertz CT molecular complexity index is 1260. The maximum Gasteiger partial charge on any atom is 0.395 e. The fraction of sp³-hybridized carbons (Fsp3) is 0.259. The molecule has 8 heteroatoms. The third kappa shape index (κ3) is 5.01. The van der Waals surface area contributed by atoms with Crippen LogP contribution in [-0.4, -0.2) is 33.6 Å². The van der Waals surface area contributed by atoms with Crippen molar-refractivity contribution in [2.24, 2.45) is 5.92 Å². The smallest absolute Gasteiger partial charge is 0.395 e. The number of halogens is 1. The molecular formula is C27H26FNO5P+. The molecule has 3 aromatic rings. The zero-order valence-electron chi connectivity index (χ0n) is 19.5. The lowest BCUT2D eigenvalue weighted by Gasteiger charge is -2.38. The second kappa shape index (κ2) is 10.9. The number of benzene rings is 2. The van der Waals surface area contributed by atoms with E-state index < -0.39 is 37.1 Å². The van der Waals surface area contributed by atoms with Crippen LogP contribution in [0.5, 0.6) is 0 Å². The molecule has 0 saturated carbocycles. The van der Waals surface area contributed by atoms with Crippen LogP contribution in [0, 0.1) is 23.6 Å². The van der Waals surface area contributed by atoms with Crippen molar-refractivity contribution in [2.45, 2.75) is 30.7 Å². The zero-order chi connectivity index (χ0) is 25.6. The van der Waals surface area contributed by atoms with Crippen LogP contribution in [0.15, 0.2) is 72.8 Å². The van der Waals surface area contributed by atoms with Crippen molar-refractivity contribution in [3.05, 3.63) is 89.9 Å². The van der Waals surface area contributed by atoms with Crippen LogP contribution < -0.4 is 0 Å². The van der Waals surface area contributed by atoms with Crippen LogP contribution >= 0.6 is 8.46 Å². The fourth-order valence-corrected chi connectivity index (χ4v) is 4.45. The third-order valence-corrected chi connectivity index (χ3v) is 6.72. The first kappa shape index (κ1) is 26.2. The number of carboxylic acids is 1. The van der Waals surface area contributed by atoms with Gasteiger partial charge in [-0.2, -0.15) is 0 Å². The molecule has 1 aromatic heterocycles. The lowest BCUT2D eigenvalue weighted by molar-refractivity contribution is -0.182. The molecule has 2 N–H and O–H groups in total. The van der Waals surface area contributed by atoms with Gasteiger partial charge < -0.3 is 14.9 Å². The van der Waals surface area contributed by atoms with Gasteiger partial charge in [-0.05, 0) is 29.8 Å². The molecule has 0 spiro atoms. The van der Waals surface area contributed by atoms with Crippen molar-refractivity contribution in [1.82, 2.24) is 4.98 Å². The molecule has 0 aliphatic carbocycles. The van der Waals surface area contributed by atoms with Crippen molar-refractivity contribution in [3.8, 4) is 23.1 Å². The predicted octanol–water partition coefficient (Wildman–Crippen LogP) is 4.97.